The zero-order valence-corrected chi connectivity index (χ0v) is 15.7. The number of carbonyl (C=O) groups is 1. The number of hydrogen-bond donors (Lipinski definition) is 1. The van der Waals surface area contributed by atoms with E-state index in [9.17, 15) is 4.79 Å². The molecule has 0 radical (unpaired) electrons. The van der Waals surface area contributed by atoms with Crippen LogP contribution < -0.4 is 5.73 Å². The first-order valence-corrected chi connectivity index (χ1v) is 9.18. The van der Waals surface area contributed by atoms with Crippen LogP contribution in [0.25, 0.3) is 0 Å². The highest BCUT2D eigenvalue weighted by Crippen LogP contribution is 2.45. The van der Waals surface area contributed by atoms with Crippen molar-refractivity contribution in [2.45, 2.75) is 71.3 Å². The van der Waals surface area contributed by atoms with E-state index >= 15 is 0 Å². The lowest BCUT2D eigenvalue weighted by molar-refractivity contribution is -0.145. The molecule has 1 saturated carbocycles. The van der Waals surface area contributed by atoms with Crippen molar-refractivity contribution >= 4 is 18.3 Å². The fraction of sp³-hybridized carbons (Fsp3) is 0.944. The summed E-state index contributed by atoms with van der Waals surface area (Å²) in [4.78, 5) is 15.2. The SMILES string of the molecule is CC(C)CC1(C(=O)N2CCC(OCCCN)CC2)CCCC1.Cl. The summed E-state index contributed by atoms with van der Waals surface area (Å²) in [6, 6.07) is 0. The summed E-state index contributed by atoms with van der Waals surface area (Å²) in [5.41, 5.74) is 5.44. The van der Waals surface area contributed by atoms with Crippen molar-refractivity contribution in [1.29, 1.82) is 0 Å². The van der Waals surface area contributed by atoms with Gasteiger partial charge in [0.2, 0.25) is 5.91 Å². The number of halogens is 1. The Kier molecular flexibility index (Phi) is 8.88. The molecule has 2 aliphatic rings. The van der Waals surface area contributed by atoms with Gasteiger partial charge in [0.15, 0.2) is 0 Å². The summed E-state index contributed by atoms with van der Waals surface area (Å²) < 4.78 is 5.85. The lowest BCUT2D eigenvalue weighted by atomic mass is 9.77. The van der Waals surface area contributed by atoms with Crippen LogP contribution in [0.5, 0.6) is 0 Å². The first-order valence-electron chi connectivity index (χ1n) is 9.18. The highest BCUT2D eigenvalue weighted by Gasteiger charge is 2.44. The van der Waals surface area contributed by atoms with Crippen molar-refractivity contribution in [1.82, 2.24) is 4.90 Å². The minimum absolute atomic E-state index is 0. The largest absolute Gasteiger partial charge is 0.378 e. The Balaban J connectivity index is 0.00000264. The standard InChI is InChI=1S/C18H34N2O2.ClH/c1-15(2)14-18(8-3-4-9-18)17(21)20-11-6-16(7-12-20)22-13-5-10-19;/h15-16H,3-14,19H2,1-2H3;1H. The third kappa shape index (κ3) is 5.61. The molecular weight excluding hydrogens is 312 g/mol. The summed E-state index contributed by atoms with van der Waals surface area (Å²) in [7, 11) is 0. The first-order chi connectivity index (χ1) is 10.6. The van der Waals surface area contributed by atoms with Gasteiger partial charge in [-0.1, -0.05) is 26.7 Å². The van der Waals surface area contributed by atoms with Gasteiger partial charge in [-0.15, -0.1) is 12.4 Å². The van der Waals surface area contributed by atoms with Gasteiger partial charge in [0.1, 0.15) is 0 Å². The number of rotatable bonds is 7. The van der Waals surface area contributed by atoms with Crippen LogP contribution in [-0.2, 0) is 9.53 Å². The fourth-order valence-electron chi connectivity index (χ4n) is 4.23. The molecule has 136 valence electrons. The molecule has 0 atom stereocenters. The molecule has 4 nitrogen and oxygen atoms in total. The Labute approximate surface area is 147 Å². The van der Waals surface area contributed by atoms with E-state index in [2.05, 4.69) is 18.7 Å². The lowest BCUT2D eigenvalue weighted by Gasteiger charge is -2.39. The van der Waals surface area contributed by atoms with Crippen molar-refractivity contribution in [3.8, 4) is 0 Å². The van der Waals surface area contributed by atoms with Crippen LogP contribution in [0.1, 0.15) is 65.2 Å². The van der Waals surface area contributed by atoms with Gasteiger partial charge in [0.05, 0.1) is 6.10 Å². The summed E-state index contributed by atoms with van der Waals surface area (Å²) in [6.07, 6.45) is 8.89. The molecule has 2 rings (SSSR count). The Morgan fingerprint density at radius 2 is 1.87 bits per heavy atom. The van der Waals surface area contributed by atoms with Crippen LogP contribution >= 0.6 is 12.4 Å². The highest BCUT2D eigenvalue weighted by molar-refractivity contribution is 5.85. The van der Waals surface area contributed by atoms with Crippen molar-refractivity contribution in [2.75, 3.05) is 26.2 Å². The molecule has 0 aromatic rings. The van der Waals surface area contributed by atoms with Crippen LogP contribution in [0.4, 0.5) is 0 Å². The van der Waals surface area contributed by atoms with E-state index < -0.39 is 0 Å². The third-order valence-electron chi connectivity index (χ3n) is 5.24. The molecular formula is C18H35ClN2O2. The average Bonchev–Trinajstić information content (AvgIpc) is 2.96. The Hall–Kier alpha value is -0.320. The monoisotopic (exact) mass is 346 g/mol. The number of carbonyl (C=O) groups excluding carboxylic acids is 1. The van der Waals surface area contributed by atoms with Gasteiger partial charge < -0.3 is 15.4 Å². The number of hydrogen-bond acceptors (Lipinski definition) is 3. The molecule has 2 N–H and O–H groups in total. The smallest absolute Gasteiger partial charge is 0.228 e. The van der Waals surface area contributed by atoms with Crippen molar-refractivity contribution in [3.05, 3.63) is 0 Å². The maximum atomic E-state index is 13.1. The van der Waals surface area contributed by atoms with Gasteiger partial charge in [-0.05, 0) is 51.0 Å². The molecule has 0 unspecified atom stereocenters. The number of amides is 1. The van der Waals surface area contributed by atoms with Crippen molar-refractivity contribution < 1.29 is 9.53 Å². The molecule has 1 aliphatic carbocycles. The van der Waals surface area contributed by atoms with Crippen LogP contribution in [0.15, 0.2) is 0 Å². The van der Waals surface area contributed by atoms with E-state index in [-0.39, 0.29) is 17.8 Å². The predicted octanol–water partition coefficient (Wildman–Crippen LogP) is 3.37. The molecule has 1 amide bonds. The Bertz CT molecular complexity index is 349. The van der Waals surface area contributed by atoms with Gasteiger partial charge in [0, 0.05) is 25.1 Å². The van der Waals surface area contributed by atoms with E-state index in [1.54, 1.807) is 0 Å². The number of likely N-dealkylation sites (tertiary alicyclic amines) is 1. The zero-order chi connectivity index (χ0) is 16.0. The van der Waals surface area contributed by atoms with Gasteiger partial charge in [0.25, 0.3) is 0 Å². The highest BCUT2D eigenvalue weighted by atomic mass is 35.5. The maximum absolute atomic E-state index is 13.1. The molecule has 0 aromatic heterocycles. The summed E-state index contributed by atoms with van der Waals surface area (Å²) in [6.45, 7) is 7.66. The minimum Gasteiger partial charge on any atom is -0.378 e. The lowest BCUT2D eigenvalue weighted by Crippen LogP contribution is -2.48. The number of nitrogens with zero attached hydrogens (tertiary/aromatic N) is 1. The van der Waals surface area contributed by atoms with Gasteiger partial charge >= 0.3 is 0 Å². The molecule has 1 saturated heterocycles. The topological polar surface area (TPSA) is 55.6 Å². The van der Waals surface area contributed by atoms with E-state index in [1.807, 2.05) is 0 Å². The normalized spacial score (nSPS) is 21.5. The average molecular weight is 347 g/mol. The second-order valence-electron chi connectivity index (χ2n) is 7.59. The number of piperidine rings is 1. The van der Waals surface area contributed by atoms with E-state index in [0.717, 1.165) is 58.2 Å². The van der Waals surface area contributed by atoms with Crippen molar-refractivity contribution in [3.63, 3.8) is 0 Å². The van der Waals surface area contributed by atoms with Gasteiger partial charge in [-0.2, -0.15) is 0 Å². The molecule has 5 heteroatoms. The number of ether oxygens (including phenoxy) is 1. The second-order valence-corrected chi connectivity index (χ2v) is 7.59. The first kappa shape index (κ1) is 20.7. The van der Waals surface area contributed by atoms with E-state index in [1.165, 1.54) is 12.8 Å². The van der Waals surface area contributed by atoms with E-state index in [4.69, 9.17) is 10.5 Å². The summed E-state index contributed by atoms with van der Waals surface area (Å²) in [5.74, 6) is 1.03. The summed E-state index contributed by atoms with van der Waals surface area (Å²) in [5, 5.41) is 0. The van der Waals surface area contributed by atoms with Crippen LogP contribution in [0.3, 0.4) is 0 Å². The maximum Gasteiger partial charge on any atom is 0.228 e. The molecule has 1 aliphatic heterocycles. The zero-order valence-electron chi connectivity index (χ0n) is 14.9. The quantitative estimate of drug-likeness (QED) is 0.719. The molecule has 0 aromatic carbocycles. The Morgan fingerprint density at radius 3 is 2.39 bits per heavy atom. The minimum atomic E-state index is -0.0542. The van der Waals surface area contributed by atoms with Crippen molar-refractivity contribution in [2.24, 2.45) is 17.1 Å². The molecule has 0 bridgehead atoms. The van der Waals surface area contributed by atoms with Gasteiger partial charge in [-0.3, -0.25) is 4.79 Å². The number of nitrogens with two attached hydrogens (primary N) is 1. The third-order valence-corrected chi connectivity index (χ3v) is 5.24. The van der Waals surface area contributed by atoms with E-state index in [0.29, 0.717) is 24.5 Å². The van der Waals surface area contributed by atoms with Crippen LogP contribution in [0.2, 0.25) is 0 Å². The second kappa shape index (κ2) is 9.85. The molecule has 0 spiro atoms. The van der Waals surface area contributed by atoms with Crippen LogP contribution in [-0.4, -0.2) is 43.2 Å². The Morgan fingerprint density at radius 1 is 1.26 bits per heavy atom. The van der Waals surface area contributed by atoms with Gasteiger partial charge in [-0.25, -0.2) is 0 Å². The molecule has 23 heavy (non-hydrogen) atoms. The predicted molar refractivity (Wildman–Crippen MR) is 96.8 cm³/mol. The fourth-order valence-corrected chi connectivity index (χ4v) is 4.23. The molecule has 1 heterocycles. The summed E-state index contributed by atoms with van der Waals surface area (Å²) >= 11 is 0. The molecule has 2 fully saturated rings. The van der Waals surface area contributed by atoms with Crippen LogP contribution in [0, 0.1) is 11.3 Å².